The number of pyridine rings is 1. The van der Waals surface area contributed by atoms with Crippen molar-refractivity contribution < 1.29 is 9.84 Å². The number of para-hydroxylation sites is 2. The maximum Gasteiger partial charge on any atom is 0.139 e. The number of rotatable bonds is 4. The van der Waals surface area contributed by atoms with E-state index >= 15 is 0 Å². The topological polar surface area (TPSA) is 42.4 Å². The van der Waals surface area contributed by atoms with Gasteiger partial charge in [-0.3, -0.25) is 4.98 Å². The Hall–Kier alpha value is -1.91. The lowest BCUT2D eigenvalue weighted by Crippen LogP contribution is -2.00. The first-order chi connectivity index (χ1) is 10.3. The molecule has 3 aromatic rings. The Morgan fingerprint density at radius 1 is 1.00 bits per heavy atom. The first-order valence-electron chi connectivity index (χ1n) is 6.63. The lowest BCUT2D eigenvalue weighted by atomic mass is 10.1. The number of halogens is 1. The third-order valence-corrected chi connectivity index (χ3v) is 3.95. The fourth-order valence-corrected chi connectivity index (χ4v) is 2.79. The summed E-state index contributed by atoms with van der Waals surface area (Å²) in [5, 5.41) is 10.5. The zero-order valence-electron chi connectivity index (χ0n) is 11.3. The molecule has 0 saturated carbocycles. The van der Waals surface area contributed by atoms with Crippen LogP contribution in [0.25, 0.3) is 10.9 Å². The summed E-state index contributed by atoms with van der Waals surface area (Å²) in [4.78, 5) is 4.34. The molecule has 0 spiro atoms. The van der Waals surface area contributed by atoms with Gasteiger partial charge in [0, 0.05) is 22.7 Å². The van der Waals surface area contributed by atoms with Gasteiger partial charge in [0.25, 0.3) is 0 Å². The zero-order chi connectivity index (χ0) is 14.7. The van der Waals surface area contributed by atoms with Gasteiger partial charge in [-0.2, -0.15) is 0 Å². The van der Waals surface area contributed by atoms with Gasteiger partial charge < -0.3 is 9.84 Å². The van der Waals surface area contributed by atoms with Gasteiger partial charge in [0.1, 0.15) is 12.4 Å². The molecule has 0 amide bonds. The van der Waals surface area contributed by atoms with Crippen molar-refractivity contribution in [1.29, 1.82) is 0 Å². The zero-order valence-corrected chi connectivity index (χ0v) is 12.9. The molecule has 0 saturated heterocycles. The van der Waals surface area contributed by atoms with Crippen molar-refractivity contribution >= 4 is 26.8 Å². The van der Waals surface area contributed by atoms with Gasteiger partial charge in [-0.15, -0.1) is 0 Å². The maximum absolute atomic E-state index is 9.40. The monoisotopic (exact) mass is 343 g/mol. The summed E-state index contributed by atoms with van der Waals surface area (Å²) in [6, 6.07) is 15.6. The van der Waals surface area contributed by atoms with E-state index in [0.717, 1.165) is 26.5 Å². The second-order valence-electron chi connectivity index (χ2n) is 4.66. The number of aromatic nitrogens is 1. The highest BCUT2D eigenvalue weighted by molar-refractivity contribution is 9.10. The van der Waals surface area contributed by atoms with E-state index in [9.17, 15) is 5.11 Å². The van der Waals surface area contributed by atoms with Crippen LogP contribution in [-0.4, -0.2) is 10.1 Å². The van der Waals surface area contributed by atoms with Crippen LogP contribution >= 0.6 is 15.9 Å². The molecule has 0 atom stereocenters. The number of nitrogens with zero attached hydrogens (tertiary/aromatic N) is 1. The largest absolute Gasteiger partial charge is 0.487 e. The molecule has 106 valence electrons. The second-order valence-corrected chi connectivity index (χ2v) is 5.52. The molecule has 2 aromatic carbocycles. The summed E-state index contributed by atoms with van der Waals surface area (Å²) < 4.78 is 6.76. The Bertz CT molecular complexity index is 768. The van der Waals surface area contributed by atoms with Crippen LogP contribution in [0.4, 0.5) is 0 Å². The molecule has 0 aliphatic heterocycles. The molecule has 0 fully saturated rings. The van der Waals surface area contributed by atoms with Gasteiger partial charge in [-0.25, -0.2) is 0 Å². The minimum absolute atomic E-state index is 0.0497. The van der Waals surface area contributed by atoms with Crippen molar-refractivity contribution in [2.75, 3.05) is 0 Å². The van der Waals surface area contributed by atoms with Crippen molar-refractivity contribution in [1.82, 2.24) is 4.98 Å². The molecular formula is C17H14BrNO2. The van der Waals surface area contributed by atoms with Crippen LogP contribution in [0.1, 0.15) is 11.1 Å². The molecule has 1 aromatic heterocycles. The average molecular weight is 344 g/mol. The summed E-state index contributed by atoms with van der Waals surface area (Å²) in [5.74, 6) is 0.681. The highest BCUT2D eigenvalue weighted by Gasteiger charge is 2.09. The third-order valence-electron chi connectivity index (χ3n) is 3.33. The highest BCUT2D eigenvalue weighted by Crippen LogP contribution is 2.30. The van der Waals surface area contributed by atoms with Crippen LogP contribution in [0, 0.1) is 0 Å². The van der Waals surface area contributed by atoms with Gasteiger partial charge >= 0.3 is 0 Å². The van der Waals surface area contributed by atoms with E-state index in [4.69, 9.17) is 4.74 Å². The Balaban J connectivity index is 1.91. The number of aliphatic hydroxyl groups is 1. The number of benzene rings is 2. The molecule has 4 heteroatoms. The molecule has 21 heavy (non-hydrogen) atoms. The van der Waals surface area contributed by atoms with E-state index in [0.29, 0.717) is 12.4 Å². The van der Waals surface area contributed by atoms with E-state index in [1.54, 1.807) is 6.20 Å². The van der Waals surface area contributed by atoms with E-state index in [-0.39, 0.29) is 6.61 Å². The van der Waals surface area contributed by atoms with E-state index in [1.807, 2.05) is 48.5 Å². The quantitative estimate of drug-likeness (QED) is 0.776. The first kappa shape index (κ1) is 14.0. The molecule has 0 bridgehead atoms. The van der Waals surface area contributed by atoms with E-state index in [1.165, 1.54) is 0 Å². The summed E-state index contributed by atoms with van der Waals surface area (Å²) in [6.07, 6.45) is 1.79. The van der Waals surface area contributed by atoms with Crippen LogP contribution in [-0.2, 0) is 13.2 Å². The SMILES string of the molecule is OCc1cccc(Br)c1OCc1ccnc2ccccc12. The first-order valence-corrected chi connectivity index (χ1v) is 7.42. The summed E-state index contributed by atoms with van der Waals surface area (Å²) >= 11 is 3.46. The van der Waals surface area contributed by atoms with Gasteiger partial charge in [0.2, 0.25) is 0 Å². The number of aliphatic hydroxyl groups excluding tert-OH is 1. The Labute approximate surface area is 131 Å². The smallest absolute Gasteiger partial charge is 0.139 e. The van der Waals surface area contributed by atoms with Crippen molar-refractivity contribution in [3.05, 3.63) is 70.3 Å². The van der Waals surface area contributed by atoms with Crippen molar-refractivity contribution in [3.8, 4) is 5.75 Å². The summed E-state index contributed by atoms with van der Waals surface area (Å²) in [5.41, 5.74) is 2.79. The average Bonchev–Trinajstić information content (AvgIpc) is 2.53. The van der Waals surface area contributed by atoms with Crippen LogP contribution in [0.5, 0.6) is 5.75 Å². The fourth-order valence-electron chi connectivity index (χ4n) is 2.27. The molecule has 1 N–H and O–H groups in total. The number of fused-ring (bicyclic) bond motifs is 1. The van der Waals surface area contributed by atoms with Crippen LogP contribution < -0.4 is 4.74 Å². The summed E-state index contributed by atoms with van der Waals surface area (Å²) in [7, 11) is 0. The predicted molar refractivity (Wildman–Crippen MR) is 86.1 cm³/mol. The van der Waals surface area contributed by atoms with Crippen LogP contribution in [0.2, 0.25) is 0 Å². The van der Waals surface area contributed by atoms with E-state index in [2.05, 4.69) is 20.9 Å². The molecule has 0 radical (unpaired) electrons. The molecule has 1 heterocycles. The van der Waals surface area contributed by atoms with Crippen LogP contribution in [0.3, 0.4) is 0 Å². The standard InChI is InChI=1S/C17H14BrNO2/c18-15-6-3-4-12(10-20)17(15)21-11-13-8-9-19-16-7-2-1-5-14(13)16/h1-9,20H,10-11H2. The van der Waals surface area contributed by atoms with Gasteiger partial charge in [-0.1, -0.05) is 30.3 Å². The van der Waals surface area contributed by atoms with Gasteiger partial charge in [0.15, 0.2) is 0 Å². The van der Waals surface area contributed by atoms with E-state index < -0.39 is 0 Å². The number of hydrogen-bond acceptors (Lipinski definition) is 3. The van der Waals surface area contributed by atoms with Crippen molar-refractivity contribution in [2.45, 2.75) is 13.2 Å². The Morgan fingerprint density at radius 2 is 1.86 bits per heavy atom. The normalized spacial score (nSPS) is 10.8. The third kappa shape index (κ3) is 2.91. The van der Waals surface area contributed by atoms with Crippen molar-refractivity contribution in [3.63, 3.8) is 0 Å². The van der Waals surface area contributed by atoms with Gasteiger partial charge in [-0.05, 0) is 34.1 Å². The second kappa shape index (κ2) is 6.24. The maximum atomic E-state index is 9.40. The molecular weight excluding hydrogens is 330 g/mol. The number of hydrogen-bond donors (Lipinski definition) is 1. The minimum Gasteiger partial charge on any atom is -0.487 e. The summed E-state index contributed by atoms with van der Waals surface area (Å²) in [6.45, 7) is 0.379. The van der Waals surface area contributed by atoms with Crippen LogP contribution in [0.15, 0.2) is 59.2 Å². The fraction of sp³-hybridized carbons (Fsp3) is 0.118. The Kier molecular flexibility index (Phi) is 4.18. The molecule has 3 nitrogen and oxygen atoms in total. The molecule has 0 aliphatic rings. The number of ether oxygens (including phenoxy) is 1. The molecule has 0 unspecified atom stereocenters. The lowest BCUT2D eigenvalue weighted by Gasteiger charge is -2.13. The minimum atomic E-state index is -0.0497. The Morgan fingerprint density at radius 3 is 2.71 bits per heavy atom. The molecule has 3 rings (SSSR count). The van der Waals surface area contributed by atoms with Crippen molar-refractivity contribution in [2.24, 2.45) is 0 Å². The molecule has 0 aliphatic carbocycles. The lowest BCUT2D eigenvalue weighted by molar-refractivity contribution is 0.258. The van der Waals surface area contributed by atoms with Gasteiger partial charge in [0.05, 0.1) is 16.6 Å². The predicted octanol–water partition coefficient (Wildman–Crippen LogP) is 4.07. The highest BCUT2D eigenvalue weighted by atomic mass is 79.9.